The first kappa shape index (κ1) is 18.5. The number of tetrazole rings is 1. The van der Waals surface area contributed by atoms with Crippen LogP contribution in [0.25, 0.3) is 0 Å². The van der Waals surface area contributed by atoms with Crippen molar-refractivity contribution in [2.24, 2.45) is 0 Å². The van der Waals surface area contributed by atoms with E-state index in [-0.39, 0.29) is 5.91 Å². The van der Waals surface area contributed by atoms with Gasteiger partial charge in [-0.15, -0.1) is 16.4 Å². The fourth-order valence-corrected chi connectivity index (χ4v) is 4.00. The number of ether oxygens (including phenoxy) is 1. The van der Waals surface area contributed by atoms with E-state index in [1.54, 1.807) is 30.1 Å². The number of benzene rings is 1. The third kappa shape index (κ3) is 4.47. The summed E-state index contributed by atoms with van der Waals surface area (Å²) < 4.78 is 7.86. The van der Waals surface area contributed by atoms with Crippen LogP contribution in [0.3, 0.4) is 0 Å². The van der Waals surface area contributed by atoms with Gasteiger partial charge < -0.3 is 10.1 Å². The Bertz CT molecular complexity index is 895. The Labute approximate surface area is 163 Å². The molecule has 2 heterocycles. The highest BCUT2D eigenvalue weighted by molar-refractivity contribution is 9.11. The highest BCUT2D eigenvalue weighted by Crippen LogP contribution is 2.23. The highest BCUT2D eigenvalue weighted by atomic mass is 79.9. The molecule has 136 valence electrons. The van der Waals surface area contributed by atoms with E-state index < -0.39 is 6.04 Å². The summed E-state index contributed by atoms with van der Waals surface area (Å²) in [4.78, 5) is 13.9. The zero-order chi connectivity index (χ0) is 18.5. The number of aromatic nitrogens is 4. The molecule has 0 aliphatic heterocycles. The largest absolute Gasteiger partial charge is 0.497 e. The van der Waals surface area contributed by atoms with Gasteiger partial charge in [-0.05, 0) is 63.1 Å². The molecule has 1 unspecified atom stereocenters. The molecule has 7 nitrogen and oxygen atoms in total. The number of halogens is 1. The van der Waals surface area contributed by atoms with Crippen LogP contribution in [-0.4, -0.2) is 33.2 Å². The molecule has 0 fully saturated rings. The van der Waals surface area contributed by atoms with Crippen LogP contribution in [0.5, 0.6) is 5.75 Å². The van der Waals surface area contributed by atoms with Gasteiger partial charge in [0.15, 0.2) is 0 Å². The van der Waals surface area contributed by atoms with Gasteiger partial charge >= 0.3 is 0 Å². The van der Waals surface area contributed by atoms with Gasteiger partial charge in [-0.2, -0.15) is 0 Å². The van der Waals surface area contributed by atoms with Crippen molar-refractivity contribution in [1.29, 1.82) is 0 Å². The van der Waals surface area contributed by atoms with Crippen LogP contribution in [0, 0.1) is 6.92 Å². The maximum atomic E-state index is 12.9. The van der Waals surface area contributed by atoms with E-state index in [9.17, 15) is 4.79 Å². The average molecular weight is 436 g/mol. The number of nitrogens with zero attached hydrogens (tertiary/aromatic N) is 4. The van der Waals surface area contributed by atoms with Crippen molar-refractivity contribution >= 4 is 33.2 Å². The summed E-state index contributed by atoms with van der Waals surface area (Å²) in [6.45, 7) is 2.24. The minimum absolute atomic E-state index is 0.132. The maximum Gasteiger partial charge on any atom is 0.245 e. The number of carbonyl (C=O) groups is 1. The summed E-state index contributed by atoms with van der Waals surface area (Å²) in [6.07, 6.45) is 0.461. The van der Waals surface area contributed by atoms with Crippen LogP contribution >= 0.6 is 27.3 Å². The molecule has 0 saturated heterocycles. The quantitative estimate of drug-likeness (QED) is 0.616. The summed E-state index contributed by atoms with van der Waals surface area (Å²) in [5.74, 6) is 1.21. The second-order valence-electron chi connectivity index (χ2n) is 5.67. The van der Waals surface area contributed by atoms with Gasteiger partial charge in [-0.25, -0.2) is 4.68 Å². The number of thiophene rings is 1. The molecular weight excluding hydrogens is 418 g/mol. The molecule has 9 heteroatoms. The molecule has 3 rings (SSSR count). The van der Waals surface area contributed by atoms with Crippen LogP contribution in [0.2, 0.25) is 0 Å². The van der Waals surface area contributed by atoms with Crippen molar-refractivity contribution in [3.05, 3.63) is 56.4 Å². The van der Waals surface area contributed by atoms with E-state index >= 15 is 0 Å². The monoisotopic (exact) mass is 435 g/mol. The lowest BCUT2D eigenvalue weighted by molar-refractivity contribution is -0.124. The second kappa shape index (κ2) is 8.41. The van der Waals surface area contributed by atoms with Crippen molar-refractivity contribution in [2.45, 2.75) is 25.9 Å². The third-order valence-electron chi connectivity index (χ3n) is 3.88. The average Bonchev–Trinajstić information content (AvgIpc) is 3.26. The van der Waals surface area contributed by atoms with Crippen molar-refractivity contribution in [3.8, 4) is 5.75 Å². The van der Waals surface area contributed by atoms with E-state index in [1.165, 1.54) is 0 Å². The minimum Gasteiger partial charge on any atom is -0.497 e. The summed E-state index contributed by atoms with van der Waals surface area (Å²) in [5.41, 5.74) is 0.971. The Hall–Kier alpha value is -2.26. The van der Waals surface area contributed by atoms with Gasteiger partial charge in [0.25, 0.3) is 0 Å². The molecule has 3 aromatic rings. The molecule has 0 spiro atoms. The second-order valence-corrected chi connectivity index (χ2v) is 8.21. The summed E-state index contributed by atoms with van der Waals surface area (Å²) >= 11 is 5.02. The molecular formula is C17H18BrN5O2S. The molecule has 0 aliphatic carbocycles. The zero-order valence-corrected chi connectivity index (χ0v) is 16.7. The Balaban J connectivity index is 1.78. The number of rotatable bonds is 7. The van der Waals surface area contributed by atoms with Crippen LogP contribution in [-0.2, 0) is 17.8 Å². The molecule has 0 bridgehead atoms. The van der Waals surface area contributed by atoms with Gasteiger partial charge in [-0.3, -0.25) is 4.79 Å². The van der Waals surface area contributed by atoms with Crippen LogP contribution in [0.15, 0.2) is 40.2 Å². The maximum absolute atomic E-state index is 12.9. The van der Waals surface area contributed by atoms with E-state index in [4.69, 9.17) is 4.74 Å². The van der Waals surface area contributed by atoms with E-state index in [0.29, 0.717) is 18.8 Å². The first-order valence-corrected chi connectivity index (χ1v) is 9.57. The lowest BCUT2D eigenvalue weighted by Gasteiger charge is -2.17. The van der Waals surface area contributed by atoms with Crippen molar-refractivity contribution < 1.29 is 9.53 Å². The van der Waals surface area contributed by atoms with E-state index in [0.717, 1.165) is 20.0 Å². The molecule has 26 heavy (non-hydrogen) atoms. The Kier molecular flexibility index (Phi) is 6.00. The van der Waals surface area contributed by atoms with E-state index in [1.807, 2.05) is 36.4 Å². The number of hydrogen-bond donors (Lipinski definition) is 1. The van der Waals surface area contributed by atoms with Crippen molar-refractivity contribution in [3.63, 3.8) is 0 Å². The molecule has 0 aliphatic rings. The number of methoxy groups -OCH3 is 1. The van der Waals surface area contributed by atoms with Gasteiger partial charge in [0.05, 0.1) is 17.4 Å². The summed E-state index contributed by atoms with van der Waals surface area (Å²) in [6, 6.07) is 11.0. The van der Waals surface area contributed by atoms with Crippen LogP contribution in [0.1, 0.15) is 22.3 Å². The predicted molar refractivity (Wildman–Crippen MR) is 102 cm³/mol. The Morgan fingerprint density at radius 1 is 1.38 bits per heavy atom. The Morgan fingerprint density at radius 3 is 2.88 bits per heavy atom. The topological polar surface area (TPSA) is 81.9 Å². The lowest BCUT2D eigenvalue weighted by atomic mass is 10.0. The molecule has 0 saturated carbocycles. The first-order chi connectivity index (χ1) is 12.6. The fourth-order valence-electron chi connectivity index (χ4n) is 2.58. The molecule has 0 radical (unpaired) electrons. The zero-order valence-electron chi connectivity index (χ0n) is 14.3. The van der Waals surface area contributed by atoms with Crippen molar-refractivity contribution in [1.82, 2.24) is 25.5 Å². The minimum atomic E-state index is -0.541. The SMILES string of the molecule is COc1cccc(CC(C(=O)NCc2ccc(Br)s2)n2nnnc2C)c1. The van der Waals surface area contributed by atoms with Gasteiger partial charge in [0, 0.05) is 11.3 Å². The molecule has 2 aromatic heterocycles. The third-order valence-corrected chi connectivity index (χ3v) is 5.51. The van der Waals surface area contributed by atoms with E-state index in [2.05, 4.69) is 36.8 Å². The lowest BCUT2D eigenvalue weighted by Crippen LogP contribution is -2.34. The number of amides is 1. The fraction of sp³-hybridized carbons (Fsp3) is 0.294. The van der Waals surface area contributed by atoms with Gasteiger partial charge in [0.1, 0.15) is 17.6 Å². The standard InChI is InChI=1S/C17H18BrN5O2S/c1-11-20-21-22-23(11)15(9-12-4-3-5-13(8-12)25-2)17(24)19-10-14-6-7-16(18)26-14/h3-8,15H,9-10H2,1-2H3,(H,19,24). The number of aryl methyl sites for hydroxylation is 1. The molecule has 1 atom stereocenters. The highest BCUT2D eigenvalue weighted by Gasteiger charge is 2.24. The number of carbonyl (C=O) groups excluding carboxylic acids is 1. The normalized spacial score (nSPS) is 12.0. The van der Waals surface area contributed by atoms with Crippen LogP contribution in [0.4, 0.5) is 0 Å². The molecule has 1 N–H and O–H groups in total. The van der Waals surface area contributed by atoms with Crippen LogP contribution < -0.4 is 10.1 Å². The van der Waals surface area contributed by atoms with Crippen molar-refractivity contribution in [2.75, 3.05) is 7.11 Å². The van der Waals surface area contributed by atoms with Gasteiger partial charge in [-0.1, -0.05) is 12.1 Å². The molecule has 1 amide bonds. The summed E-state index contributed by atoms with van der Waals surface area (Å²) in [7, 11) is 1.62. The van der Waals surface area contributed by atoms with Gasteiger partial charge in [0.2, 0.25) is 5.91 Å². The first-order valence-electron chi connectivity index (χ1n) is 7.96. The summed E-state index contributed by atoms with van der Waals surface area (Å²) in [5, 5.41) is 14.6. The number of nitrogens with one attached hydrogen (secondary N) is 1. The Morgan fingerprint density at radius 2 is 2.23 bits per heavy atom. The predicted octanol–water partition coefficient (Wildman–Crippen LogP) is 2.91. The smallest absolute Gasteiger partial charge is 0.245 e. The number of hydrogen-bond acceptors (Lipinski definition) is 6. The molecule has 1 aromatic carbocycles.